The Balaban J connectivity index is 2.55. The summed E-state index contributed by atoms with van der Waals surface area (Å²) < 4.78 is 15.1. The summed E-state index contributed by atoms with van der Waals surface area (Å²) >= 11 is 9.16. The van der Waals surface area contributed by atoms with Gasteiger partial charge in [-0.25, -0.2) is 4.76 Å². The van der Waals surface area contributed by atoms with E-state index >= 15 is 0 Å². The van der Waals surface area contributed by atoms with Crippen LogP contribution in [0.15, 0.2) is 29.0 Å². The maximum atomic E-state index is 11.2. The number of benzene rings is 1. The lowest BCUT2D eigenvalue weighted by molar-refractivity contribution is 0.595. The van der Waals surface area contributed by atoms with Gasteiger partial charge in [-0.05, 0) is 19.4 Å². The highest BCUT2D eigenvalue weighted by Gasteiger charge is 2.07. The van der Waals surface area contributed by atoms with E-state index in [0.717, 1.165) is 10.8 Å². The second-order valence-electron chi connectivity index (χ2n) is 3.41. The molecule has 1 rings (SSSR count). The van der Waals surface area contributed by atoms with Crippen molar-refractivity contribution in [2.24, 2.45) is 4.76 Å². The molecule has 0 unspecified atom stereocenters. The van der Waals surface area contributed by atoms with Crippen molar-refractivity contribution < 1.29 is 4.57 Å². The third kappa shape index (κ3) is 6.04. The van der Waals surface area contributed by atoms with Crippen LogP contribution in [-0.2, 0) is 10.3 Å². The van der Waals surface area contributed by atoms with Gasteiger partial charge in [0.15, 0.2) is 0 Å². The number of thioether (sulfide) groups is 1. The van der Waals surface area contributed by atoms with Gasteiger partial charge in [-0.1, -0.05) is 54.3 Å². The first-order valence-corrected chi connectivity index (χ1v) is 9.62. The Morgan fingerprint density at radius 3 is 2.44 bits per heavy atom. The second kappa shape index (κ2) is 6.20. The molecule has 1 aromatic carbocycles. The minimum Gasteiger partial charge on any atom is -0.275 e. The van der Waals surface area contributed by atoms with Crippen LogP contribution in [0.4, 0.5) is 0 Å². The van der Waals surface area contributed by atoms with Gasteiger partial charge in [-0.3, -0.25) is 4.57 Å². The number of hydrogen-bond donors (Lipinski definition) is 2. The molecule has 0 N–H and O–H groups in total. The minimum absolute atomic E-state index is 0.744. The maximum absolute atomic E-state index is 11.2. The van der Waals surface area contributed by atoms with Crippen LogP contribution >= 0.6 is 42.0 Å². The molecule has 0 aliphatic carbocycles. The highest BCUT2D eigenvalue weighted by Crippen LogP contribution is 2.57. The molecule has 0 aromatic heterocycles. The molecule has 0 aliphatic heterocycles. The normalized spacial score (nSPS) is 12.9. The fourth-order valence-corrected chi connectivity index (χ4v) is 3.76. The summed E-state index contributed by atoms with van der Waals surface area (Å²) in [5.41, 5.74) is -0.429. The van der Waals surface area contributed by atoms with Crippen molar-refractivity contribution in [2.75, 3.05) is 0 Å². The third-order valence-corrected chi connectivity index (χ3v) is 4.06. The maximum Gasteiger partial charge on any atom is 0.293 e. The molecule has 0 spiro atoms. The van der Waals surface area contributed by atoms with Crippen LogP contribution in [-0.4, -0.2) is 5.04 Å². The molecule has 2 nitrogen and oxygen atoms in total. The standard InChI is InChI=1S/C10H14NOPS3/c1-8-3-5-10(6-4-8)7-16-9(2)11-13(12,14)15/h3-6H,7H2,1-2H3,(H2,12,14,15). The van der Waals surface area contributed by atoms with Gasteiger partial charge >= 0.3 is 0 Å². The molecule has 0 fully saturated rings. The predicted octanol–water partition coefficient (Wildman–Crippen LogP) is 4.61. The average Bonchev–Trinajstić information content (AvgIpc) is 2.14. The highest BCUT2D eigenvalue weighted by atomic mass is 33.1. The Labute approximate surface area is 111 Å². The Hall–Kier alpha value is 0.170. The first-order valence-electron chi connectivity index (χ1n) is 4.67. The molecule has 0 aliphatic rings. The summed E-state index contributed by atoms with van der Waals surface area (Å²) in [5, 5.41) is 0.744. The average molecular weight is 291 g/mol. The smallest absolute Gasteiger partial charge is 0.275 e. The lowest BCUT2D eigenvalue weighted by Crippen LogP contribution is -1.86. The van der Waals surface area contributed by atoms with E-state index in [9.17, 15) is 4.57 Å². The van der Waals surface area contributed by atoms with Crippen molar-refractivity contribution in [1.29, 1.82) is 0 Å². The number of rotatable bonds is 3. The molecule has 0 heterocycles. The Kier molecular flexibility index (Phi) is 5.51. The van der Waals surface area contributed by atoms with Gasteiger partial charge in [-0.15, -0.1) is 11.8 Å². The quantitative estimate of drug-likeness (QED) is 0.368. The Morgan fingerprint density at radius 1 is 1.38 bits per heavy atom. The molecule has 6 heteroatoms. The first kappa shape index (κ1) is 14.2. The Morgan fingerprint density at radius 2 is 1.94 bits per heavy atom. The van der Waals surface area contributed by atoms with Gasteiger partial charge in [0.05, 0.1) is 5.04 Å². The topological polar surface area (TPSA) is 29.4 Å². The first-order chi connectivity index (χ1) is 7.37. The van der Waals surface area contributed by atoms with Gasteiger partial charge in [0.2, 0.25) is 0 Å². The summed E-state index contributed by atoms with van der Waals surface area (Å²) in [6.45, 7) is 3.87. The number of hydrogen-bond acceptors (Lipinski definition) is 2. The summed E-state index contributed by atoms with van der Waals surface area (Å²) in [5.74, 6) is 0.817. The van der Waals surface area contributed by atoms with Gasteiger partial charge in [0, 0.05) is 5.75 Å². The van der Waals surface area contributed by atoms with Crippen LogP contribution in [0, 0.1) is 6.92 Å². The van der Waals surface area contributed by atoms with Crippen molar-refractivity contribution >= 4 is 47.0 Å². The lowest BCUT2D eigenvalue weighted by atomic mass is 10.2. The largest absolute Gasteiger partial charge is 0.293 e. The van der Waals surface area contributed by atoms with Crippen LogP contribution in [0.2, 0.25) is 0 Å². The van der Waals surface area contributed by atoms with Crippen molar-refractivity contribution in [1.82, 2.24) is 0 Å². The van der Waals surface area contributed by atoms with E-state index < -0.39 is 5.70 Å². The summed E-state index contributed by atoms with van der Waals surface area (Å²) in [4.78, 5) is 0. The van der Waals surface area contributed by atoms with Crippen LogP contribution in [0.1, 0.15) is 18.1 Å². The molecule has 0 atom stereocenters. The molecule has 0 saturated heterocycles. The highest BCUT2D eigenvalue weighted by molar-refractivity contribution is 8.80. The molecular formula is C10H14NOPS3. The fraction of sp³-hybridized carbons (Fsp3) is 0.300. The summed E-state index contributed by atoms with van der Waals surface area (Å²) in [7, 11) is 0. The summed E-state index contributed by atoms with van der Waals surface area (Å²) in [6.07, 6.45) is 0. The summed E-state index contributed by atoms with van der Waals surface area (Å²) in [6, 6.07) is 8.31. The Bertz CT molecular complexity index is 424. The van der Waals surface area contributed by atoms with E-state index in [0.29, 0.717) is 0 Å². The number of nitrogens with zero attached hydrogens (tertiary/aromatic N) is 1. The second-order valence-corrected chi connectivity index (χ2v) is 10.0. The number of thiol groups is 2. The van der Waals surface area contributed by atoms with Crippen LogP contribution in [0.25, 0.3) is 0 Å². The molecule has 0 radical (unpaired) electrons. The number of aryl methyl sites for hydroxylation is 1. The fourth-order valence-electron chi connectivity index (χ4n) is 1.08. The van der Waals surface area contributed by atoms with Crippen molar-refractivity contribution in [3.05, 3.63) is 35.4 Å². The van der Waals surface area contributed by atoms with Crippen LogP contribution in [0.5, 0.6) is 0 Å². The molecule has 0 bridgehead atoms. The molecule has 16 heavy (non-hydrogen) atoms. The third-order valence-electron chi connectivity index (χ3n) is 1.84. The van der Waals surface area contributed by atoms with E-state index in [1.165, 1.54) is 11.1 Å². The van der Waals surface area contributed by atoms with Gasteiger partial charge in [-0.2, -0.15) is 0 Å². The van der Waals surface area contributed by atoms with Crippen molar-refractivity contribution in [2.45, 2.75) is 19.6 Å². The zero-order valence-corrected chi connectivity index (χ0v) is 12.6. The van der Waals surface area contributed by atoms with Crippen LogP contribution in [0.3, 0.4) is 0 Å². The lowest BCUT2D eigenvalue weighted by Gasteiger charge is -2.03. The van der Waals surface area contributed by atoms with E-state index in [1.807, 2.05) is 6.92 Å². The van der Waals surface area contributed by atoms with E-state index in [2.05, 4.69) is 60.4 Å². The van der Waals surface area contributed by atoms with Crippen LogP contribution < -0.4 is 0 Å². The SMILES string of the molecule is CC(=NP(=O)(S)S)SCc1ccc(C)cc1. The van der Waals surface area contributed by atoms with Gasteiger partial charge in [0.25, 0.3) is 5.70 Å². The molecular weight excluding hydrogens is 277 g/mol. The predicted molar refractivity (Wildman–Crippen MR) is 81.2 cm³/mol. The van der Waals surface area contributed by atoms with Gasteiger partial charge in [0.1, 0.15) is 0 Å². The van der Waals surface area contributed by atoms with Crippen molar-refractivity contribution in [3.8, 4) is 0 Å². The van der Waals surface area contributed by atoms with E-state index in [-0.39, 0.29) is 0 Å². The zero-order valence-electron chi connectivity index (χ0n) is 9.12. The van der Waals surface area contributed by atoms with Crippen molar-refractivity contribution in [3.63, 3.8) is 0 Å². The molecule has 88 valence electrons. The molecule has 0 saturated carbocycles. The van der Waals surface area contributed by atoms with Gasteiger partial charge < -0.3 is 0 Å². The molecule has 0 amide bonds. The minimum atomic E-state index is -2.89. The van der Waals surface area contributed by atoms with E-state index in [1.54, 1.807) is 11.8 Å². The zero-order chi connectivity index (χ0) is 12.2. The monoisotopic (exact) mass is 291 g/mol. The molecule has 1 aromatic rings. The van der Waals surface area contributed by atoms with E-state index in [4.69, 9.17) is 0 Å².